The molecule has 3 rings (SSSR count). The molecule has 1 aromatic heterocycles. The van der Waals surface area contributed by atoms with Crippen molar-refractivity contribution in [2.45, 2.75) is 76.2 Å². The van der Waals surface area contributed by atoms with Gasteiger partial charge in [0.1, 0.15) is 0 Å². The largest absolute Gasteiger partial charge is 0.339 e. The first kappa shape index (κ1) is 13.1. The van der Waals surface area contributed by atoms with Gasteiger partial charge in [0.25, 0.3) is 0 Å². The van der Waals surface area contributed by atoms with E-state index in [1.54, 1.807) is 0 Å². The summed E-state index contributed by atoms with van der Waals surface area (Å²) in [6.07, 6.45) is 9.45. The third-order valence-electron chi connectivity index (χ3n) is 5.06. The summed E-state index contributed by atoms with van der Waals surface area (Å²) in [5.74, 6) is 3.67. The molecule has 0 aromatic carbocycles. The Morgan fingerprint density at radius 1 is 1.11 bits per heavy atom. The molecule has 0 bridgehead atoms. The molecule has 2 fully saturated rings. The summed E-state index contributed by atoms with van der Waals surface area (Å²) in [5, 5.41) is 4.24. The summed E-state index contributed by atoms with van der Waals surface area (Å²) in [4.78, 5) is 4.69. The Kier molecular flexibility index (Phi) is 3.87. The molecule has 2 saturated carbocycles. The molecule has 2 N–H and O–H groups in total. The Balaban J connectivity index is 1.63. The zero-order chi connectivity index (χ0) is 13.2. The normalized spacial score (nSPS) is 35.7. The van der Waals surface area contributed by atoms with E-state index < -0.39 is 0 Å². The van der Waals surface area contributed by atoms with E-state index >= 15 is 0 Å². The lowest BCUT2D eigenvalue weighted by atomic mass is 9.86. The highest BCUT2D eigenvalue weighted by atomic mass is 16.5. The summed E-state index contributed by atoms with van der Waals surface area (Å²) in [6, 6.07) is 0.374. The summed E-state index contributed by atoms with van der Waals surface area (Å²) in [5.41, 5.74) is 5.94. The van der Waals surface area contributed by atoms with Crippen LogP contribution in [-0.2, 0) is 0 Å². The minimum atomic E-state index is 0.374. The molecule has 106 valence electrons. The Labute approximate surface area is 115 Å². The van der Waals surface area contributed by atoms with Gasteiger partial charge in [0.2, 0.25) is 5.89 Å². The predicted octanol–water partition coefficient (Wildman–Crippen LogP) is 3.35. The molecule has 2 unspecified atom stereocenters. The smallest absolute Gasteiger partial charge is 0.229 e. The molecule has 19 heavy (non-hydrogen) atoms. The summed E-state index contributed by atoms with van der Waals surface area (Å²) in [6.45, 7) is 2.28. The fourth-order valence-corrected chi connectivity index (χ4v) is 3.63. The van der Waals surface area contributed by atoms with E-state index in [0.717, 1.165) is 43.3 Å². The minimum absolute atomic E-state index is 0.374. The van der Waals surface area contributed by atoms with Crippen molar-refractivity contribution in [3.8, 4) is 0 Å². The summed E-state index contributed by atoms with van der Waals surface area (Å²) >= 11 is 0. The van der Waals surface area contributed by atoms with Gasteiger partial charge < -0.3 is 10.3 Å². The van der Waals surface area contributed by atoms with Crippen LogP contribution in [0.3, 0.4) is 0 Å². The van der Waals surface area contributed by atoms with Crippen LogP contribution in [-0.4, -0.2) is 16.2 Å². The molecule has 0 spiro atoms. The van der Waals surface area contributed by atoms with E-state index in [4.69, 9.17) is 15.2 Å². The van der Waals surface area contributed by atoms with Crippen LogP contribution in [0.15, 0.2) is 4.52 Å². The molecular weight excluding hydrogens is 238 g/mol. The van der Waals surface area contributed by atoms with E-state index in [9.17, 15) is 0 Å². The van der Waals surface area contributed by atoms with Gasteiger partial charge in [-0.1, -0.05) is 18.5 Å². The summed E-state index contributed by atoms with van der Waals surface area (Å²) in [7, 11) is 0. The number of hydrogen-bond acceptors (Lipinski definition) is 4. The van der Waals surface area contributed by atoms with Gasteiger partial charge in [-0.3, -0.25) is 0 Å². The highest BCUT2D eigenvalue weighted by Gasteiger charge is 2.30. The maximum Gasteiger partial charge on any atom is 0.229 e. The molecular formula is C15H25N3O. The lowest BCUT2D eigenvalue weighted by molar-refractivity contribution is 0.299. The van der Waals surface area contributed by atoms with Crippen molar-refractivity contribution in [3.05, 3.63) is 11.7 Å². The molecule has 0 radical (unpaired) electrons. The lowest BCUT2D eigenvalue weighted by Gasteiger charge is -2.22. The SMILES string of the molecule is CCC1CCC(c2noc(C3CCC(N)CC3)n2)C1. The fourth-order valence-electron chi connectivity index (χ4n) is 3.63. The number of aromatic nitrogens is 2. The molecule has 2 atom stereocenters. The van der Waals surface area contributed by atoms with Crippen molar-refractivity contribution in [1.29, 1.82) is 0 Å². The second kappa shape index (κ2) is 5.61. The molecule has 0 aliphatic heterocycles. The van der Waals surface area contributed by atoms with Gasteiger partial charge in [0.15, 0.2) is 5.82 Å². The Morgan fingerprint density at radius 3 is 2.53 bits per heavy atom. The number of hydrogen-bond donors (Lipinski definition) is 1. The maximum atomic E-state index is 5.94. The first-order valence-corrected chi connectivity index (χ1v) is 7.85. The zero-order valence-corrected chi connectivity index (χ0v) is 11.8. The summed E-state index contributed by atoms with van der Waals surface area (Å²) < 4.78 is 5.52. The average Bonchev–Trinajstić information content (AvgIpc) is 3.08. The van der Waals surface area contributed by atoms with E-state index in [1.807, 2.05) is 0 Å². The van der Waals surface area contributed by atoms with Gasteiger partial charge in [-0.15, -0.1) is 0 Å². The number of nitrogens with two attached hydrogens (primary N) is 1. The molecule has 1 heterocycles. The lowest BCUT2D eigenvalue weighted by Crippen LogP contribution is -2.25. The molecule has 1 aromatic rings. The van der Waals surface area contributed by atoms with Gasteiger partial charge in [-0.05, 0) is 50.9 Å². The third kappa shape index (κ3) is 2.83. The van der Waals surface area contributed by atoms with Crippen molar-refractivity contribution < 1.29 is 4.52 Å². The molecule has 4 heteroatoms. The maximum absolute atomic E-state index is 5.94. The predicted molar refractivity (Wildman–Crippen MR) is 73.9 cm³/mol. The minimum Gasteiger partial charge on any atom is -0.339 e. The van der Waals surface area contributed by atoms with E-state index in [0.29, 0.717) is 17.9 Å². The first-order chi connectivity index (χ1) is 9.26. The standard InChI is InChI=1S/C15H25N3O/c1-2-10-3-4-12(9-10)14-17-15(19-18-14)11-5-7-13(16)8-6-11/h10-13H,2-9,16H2,1H3. The van der Waals surface area contributed by atoms with Crippen molar-refractivity contribution >= 4 is 0 Å². The fraction of sp³-hybridized carbons (Fsp3) is 0.867. The van der Waals surface area contributed by atoms with E-state index in [2.05, 4.69) is 12.1 Å². The quantitative estimate of drug-likeness (QED) is 0.908. The molecule has 2 aliphatic carbocycles. The number of nitrogens with zero attached hydrogens (tertiary/aromatic N) is 2. The molecule has 0 saturated heterocycles. The zero-order valence-electron chi connectivity index (χ0n) is 11.8. The topological polar surface area (TPSA) is 64.9 Å². The van der Waals surface area contributed by atoms with Crippen LogP contribution in [0.25, 0.3) is 0 Å². The Bertz CT molecular complexity index is 393. The monoisotopic (exact) mass is 263 g/mol. The van der Waals surface area contributed by atoms with Crippen LogP contribution in [0.1, 0.15) is 81.8 Å². The molecule has 4 nitrogen and oxygen atoms in total. The van der Waals surface area contributed by atoms with Gasteiger partial charge in [-0.25, -0.2) is 0 Å². The van der Waals surface area contributed by atoms with E-state index in [1.165, 1.54) is 25.7 Å². The molecule has 2 aliphatic rings. The highest BCUT2D eigenvalue weighted by Crippen LogP contribution is 2.39. The second-order valence-corrected chi connectivity index (χ2v) is 6.39. The van der Waals surface area contributed by atoms with Gasteiger partial charge in [0, 0.05) is 17.9 Å². The average molecular weight is 263 g/mol. The van der Waals surface area contributed by atoms with Gasteiger partial charge in [0.05, 0.1) is 0 Å². The van der Waals surface area contributed by atoms with Crippen molar-refractivity contribution in [2.75, 3.05) is 0 Å². The van der Waals surface area contributed by atoms with Crippen LogP contribution in [0, 0.1) is 5.92 Å². The van der Waals surface area contributed by atoms with Crippen LogP contribution < -0.4 is 5.73 Å². The Morgan fingerprint density at radius 2 is 1.84 bits per heavy atom. The van der Waals surface area contributed by atoms with Crippen LogP contribution in [0.4, 0.5) is 0 Å². The second-order valence-electron chi connectivity index (χ2n) is 6.39. The van der Waals surface area contributed by atoms with Gasteiger partial charge >= 0.3 is 0 Å². The highest BCUT2D eigenvalue weighted by molar-refractivity contribution is 5.03. The van der Waals surface area contributed by atoms with Crippen molar-refractivity contribution in [1.82, 2.24) is 10.1 Å². The van der Waals surface area contributed by atoms with Crippen molar-refractivity contribution in [2.24, 2.45) is 11.7 Å². The van der Waals surface area contributed by atoms with Crippen LogP contribution >= 0.6 is 0 Å². The van der Waals surface area contributed by atoms with Crippen LogP contribution in [0.5, 0.6) is 0 Å². The number of rotatable bonds is 3. The van der Waals surface area contributed by atoms with Crippen LogP contribution in [0.2, 0.25) is 0 Å². The Hall–Kier alpha value is -0.900. The third-order valence-corrected chi connectivity index (χ3v) is 5.06. The van der Waals surface area contributed by atoms with Gasteiger partial charge in [-0.2, -0.15) is 4.98 Å². The first-order valence-electron chi connectivity index (χ1n) is 7.85. The van der Waals surface area contributed by atoms with Crippen molar-refractivity contribution in [3.63, 3.8) is 0 Å². The molecule has 0 amide bonds. The van der Waals surface area contributed by atoms with E-state index in [-0.39, 0.29) is 0 Å².